The minimum absolute atomic E-state index is 0.0461. The fourth-order valence-corrected chi connectivity index (χ4v) is 3.50. The van der Waals surface area contributed by atoms with Crippen LogP contribution in [0.25, 0.3) is 0 Å². The van der Waals surface area contributed by atoms with Crippen LogP contribution in [0.2, 0.25) is 0 Å². The lowest BCUT2D eigenvalue weighted by atomic mass is 10.1. The van der Waals surface area contributed by atoms with Gasteiger partial charge in [0.2, 0.25) is 5.91 Å². The number of nitrogens with zero attached hydrogens (tertiary/aromatic N) is 3. The van der Waals surface area contributed by atoms with Gasteiger partial charge in [0, 0.05) is 19.8 Å². The number of pyridine rings is 1. The highest BCUT2D eigenvalue weighted by Crippen LogP contribution is 2.30. The summed E-state index contributed by atoms with van der Waals surface area (Å²) < 4.78 is 0. The SMILES string of the molecule is CN(CCc1ccccc1)C(=O)c1cnc2c(c1)N(Cc1ccccc1)C(=O)CN2. The van der Waals surface area contributed by atoms with Crippen LogP contribution in [0, 0.1) is 0 Å². The van der Waals surface area contributed by atoms with E-state index in [4.69, 9.17) is 0 Å². The molecule has 1 aromatic heterocycles. The third-order valence-corrected chi connectivity index (χ3v) is 5.22. The first kappa shape index (κ1) is 19.6. The number of likely N-dealkylation sites (N-methyl/N-ethyl adjacent to an activating group) is 1. The second kappa shape index (κ2) is 8.78. The van der Waals surface area contributed by atoms with Crippen LogP contribution in [-0.2, 0) is 17.8 Å². The monoisotopic (exact) mass is 400 g/mol. The number of anilines is 2. The minimum Gasteiger partial charge on any atom is -0.359 e. The summed E-state index contributed by atoms with van der Waals surface area (Å²) >= 11 is 0. The van der Waals surface area contributed by atoms with Gasteiger partial charge in [-0.2, -0.15) is 0 Å². The first-order chi connectivity index (χ1) is 14.6. The fourth-order valence-electron chi connectivity index (χ4n) is 3.50. The zero-order valence-corrected chi connectivity index (χ0v) is 16.9. The van der Waals surface area contributed by atoms with Crippen molar-refractivity contribution in [3.63, 3.8) is 0 Å². The molecule has 0 radical (unpaired) electrons. The van der Waals surface area contributed by atoms with Crippen LogP contribution in [0.5, 0.6) is 0 Å². The lowest BCUT2D eigenvalue weighted by Crippen LogP contribution is -2.40. The molecule has 2 aromatic carbocycles. The topological polar surface area (TPSA) is 65.5 Å². The van der Waals surface area contributed by atoms with Crippen molar-refractivity contribution in [2.45, 2.75) is 13.0 Å². The first-order valence-corrected chi connectivity index (χ1v) is 9.99. The predicted octanol–water partition coefficient (Wildman–Crippen LogP) is 3.36. The van der Waals surface area contributed by atoms with Gasteiger partial charge in [-0.1, -0.05) is 60.7 Å². The summed E-state index contributed by atoms with van der Waals surface area (Å²) in [6.45, 7) is 1.24. The number of amides is 2. The van der Waals surface area contributed by atoms with Gasteiger partial charge in [0.25, 0.3) is 5.91 Å². The Labute approximate surface area is 176 Å². The molecule has 0 unspecified atom stereocenters. The highest BCUT2D eigenvalue weighted by molar-refractivity contribution is 6.04. The second-order valence-corrected chi connectivity index (χ2v) is 7.37. The zero-order chi connectivity index (χ0) is 20.9. The van der Waals surface area contributed by atoms with Crippen molar-refractivity contribution in [3.05, 3.63) is 89.6 Å². The van der Waals surface area contributed by atoms with Gasteiger partial charge in [-0.3, -0.25) is 9.59 Å². The molecule has 1 aliphatic heterocycles. The predicted molar refractivity (Wildman–Crippen MR) is 117 cm³/mol. The molecule has 30 heavy (non-hydrogen) atoms. The zero-order valence-electron chi connectivity index (χ0n) is 16.9. The van der Waals surface area contributed by atoms with Crippen LogP contribution < -0.4 is 10.2 Å². The molecule has 0 atom stereocenters. The quantitative estimate of drug-likeness (QED) is 0.689. The number of nitrogens with one attached hydrogen (secondary N) is 1. The molecule has 152 valence electrons. The molecular formula is C24H24N4O2. The molecule has 0 fully saturated rings. The number of fused-ring (bicyclic) bond motifs is 1. The normalized spacial score (nSPS) is 12.8. The summed E-state index contributed by atoms with van der Waals surface area (Å²) in [6.07, 6.45) is 2.35. The van der Waals surface area contributed by atoms with Crippen molar-refractivity contribution < 1.29 is 9.59 Å². The van der Waals surface area contributed by atoms with Gasteiger partial charge in [-0.05, 0) is 23.6 Å². The van der Waals surface area contributed by atoms with Crippen molar-refractivity contribution in [3.8, 4) is 0 Å². The van der Waals surface area contributed by atoms with Gasteiger partial charge < -0.3 is 15.1 Å². The molecule has 1 N–H and O–H groups in total. The number of aromatic nitrogens is 1. The molecule has 0 aliphatic carbocycles. The number of rotatable bonds is 6. The number of hydrogen-bond acceptors (Lipinski definition) is 4. The maximum atomic E-state index is 13.0. The molecule has 6 heteroatoms. The largest absolute Gasteiger partial charge is 0.359 e. The molecule has 0 bridgehead atoms. The average molecular weight is 400 g/mol. The fraction of sp³-hybridized carbons (Fsp3) is 0.208. The molecule has 0 spiro atoms. The van der Waals surface area contributed by atoms with Gasteiger partial charge in [0.05, 0.1) is 24.3 Å². The number of benzene rings is 2. The summed E-state index contributed by atoms with van der Waals surface area (Å²) in [4.78, 5) is 33.3. The van der Waals surface area contributed by atoms with E-state index in [1.807, 2.05) is 48.5 Å². The van der Waals surface area contributed by atoms with Crippen LogP contribution >= 0.6 is 0 Å². The van der Waals surface area contributed by atoms with Crippen LogP contribution in [0.1, 0.15) is 21.5 Å². The minimum atomic E-state index is -0.112. The molecule has 4 rings (SSSR count). The molecule has 2 amide bonds. The molecule has 3 aromatic rings. The van der Waals surface area contributed by atoms with Crippen molar-refractivity contribution in [1.29, 1.82) is 0 Å². The Hall–Kier alpha value is -3.67. The van der Waals surface area contributed by atoms with Crippen molar-refractivity contribution in [2.75, 3.05) is 30.4 Å². The lowest BCUT2D eigenvalue weighted by molar-refractivity contribution is -0.117. The summed E-state index contributed by atoms with van der Waals surface area (Å²) in [5, 5.41) is 3.04. The Morgan fingerprint density at radius 2 is 1.73 bits per heavy atom. The van der Waals surface area contributed by atoms with E-state index in [1.54, 1.807) is 29.1 Å². The Kier molecular flexibility index (Phi) is 5.75. The number of carbonyl (C=O) groups excluding carboxylic acids is 2. The lowest BCUT2D eigenvalue weighted by Gasteiger charge is -2.30. The number of hydrogen-bond donors (Lipinski definition) is 1. The van der Waals surface area contributed by atoms with Gasteiger partial charge in [0.15, 0.2) is 5.82 Å². The van der Waals surface area contributed by atoms with E-state index in [0.29, 0.717) is 30.2 Å². The van der Waals surface area contributed by atoms with Gasteiger partial charge >= 0.3 is 0 Å². The third-order valence-electron chi connectivity index (χ3n) is 5.22. The van der Waals surface area contributed by atoms with Crippen LogP contribution in [-0.4, -0.2) is 41.8 Å². The Morgan fingerprint density at radius 1 is 1.07 bits per heavy atom. The molecule has 2 heterocycles. The molecule has 0 saturated carbocycles. The summed E-state index contributed by atoms with van der Waals surface area (Å²) in [5.74, 6) is 0.461. The standard InChI is InChI=1S/C24H24N4O2/c1-27(13-12-18-8-4-2-5-9-18)24(30)20-14-21-23(25-15-20)26-16-22(29)28(21)17-19-10-6-3-7-11-19/h2-11,14-15H,12-13,16-17H2,1H3,(H,25,26). The maximum Gasteiger partial charge on any atom is 0.255 e. The van der Waals surface area contributed by atoms with Crippen LogP contribution in [0.4, 0.5) is 11.5 Å². The Bertz CT molecular complexity index is 1040. The van der Waals surface area contributed by atoms with Crippen molar-refractivity contribution >= 4 is 23.3 Å². The smallest absolute Gasteiger partial charge is 0.255 e. The average Bonchev–Trinajstić information content (AvgIpc) is 2.80. The van der Waals surface area contributed by atoms with Crippen LogP contribution in [0.3, 0.4) is 0 Å². The van der Waals surface area contributed by atoms with Gasteiger partial charge in [-0.25, -0.2) is 4.98 Å². The Balaban J connectivity index is 1.52. The molecule has 6 nitrogen and oxygen atoms in total. The Morgan fingerprint density at radius 3 is 2.43 bits per heavy atom. The van der Waals surface area contributed by atoms with E-state index in [0.717, 1.165) is 12.0 Å². The van der Waals surface area contributed by atoms with E-state index < -0.39 is 0 Å². The summed E-state index contributed by atoms with van der Waals surface area (Å²) in [5.41, 5.74) is 3.32. The third kappa shape index (κ3) is 4.33. The van der Waals surface area contributed by atoms with E-state index >= 15 is 0 Å². The highest BCUT2D eigenvalue weighted by atomic mass is 16.2. The maximum absolute atomic E-state index is 13.0. The van der Waals surface area contributed by atoms with Crippen molar-refractivity contribution in [2.24, 2.45) is 0 Å². The van der Waals surface area contributed by atoms with Crippen molar-refractivity contribution in [1.82, 2.24) is 9.88 Å². The van der Waals surface area contributed by atoms with Crippen LogP contribution in [0.15, 0.2) is 72.9 Å². The van der Waals surface area contributed by atoms with E-state index in [1.165, 1.54) is 5.56 Å². The number of carbonyl (C=O) groups is 2. The second-order valence-electron chi connectivity index (χ2n) is 7.37. The van der Waals surface area contributed by atoms with Gasteiger partial charge in [-0.15, -0.1) is 0 Å². The van der Waals surface area contributed by atoms with E-state index in [-0.39, 0.29) is 18.4 Å². The molecule has 0 saturated heterocycles. The first-order valence-electron chi connectivity index (χ1n) is 9.99. The summed E-state index contributed by atoms with van der Waals surface area (Å²) in [6, 6.07) is 21.6. The van der Waals surface area contributed by atoms with Gasteiger partial charge in [0.1, 0.15) is 0 Å². The molecule has 1 aliphatic rings. The summed E-state index contributed by atoms with van der Waals surface area (Å²) in [7, 11) is 1.79. The highest BCUT2D eigenvalue weighted by Gasteiger charge is 2.26. The van der Waals surface area contributed by atoms with E-state index in [9.17, 15) is 9.59 Å². The van der Waals surface area contributed by atoms with E-state index in [2.05, 4.69) is 22.4 Å². The molecular weight excluding hydrogens is 376 g/mol.